The van der Waals surface area contributed by atoms with E-state index in [9.17, 15) is 23.3 Å². The molecule has 2 saturated heterocycles. The molecule has 2 N–H and O–H groups in total. The SMILES string of the molecule is CN(C)S(=O)(=O)c1ccc(Nc2nn(C3(CC#N)CCN(Cc4ccc(N5CCCC5=O)cc4)CC3)c3cc[nH]c(=O)c23)cc1. The van der Waals surface area contributed by atoms with Crippen LogP contribution in [0.25, 0.3) is 10.9 Å². The maximum atomic E-state index is 13.1. The molecule has 2 fully saturated rings. The number of nitrogens with one attached hydrogen (secondary N) is 2. The Bertz CT molecular complexity index is 1920. The predicted octanol–water partition coefficient (Wildman–Crippen LogP) is 3.75. The number of pyridine rings is 1. The van der Waals surface area contributed by atoms with Crippen molar-refractivity contribution in [3.63, 3.8) is 0 Å². The average molecular weight is 629 g/mol. The molecule has 2 aromatic heterocycles. The van der Waals surface area contributed by atoms with Crippen LogP contribution in [-0.4, -0.2) is 72.0 Å². The van der Waals surface area contributed by atoms with Gasteiger partial charge in [-0.1, -0.05) is 12.1 Å². The van der Waals surface area contributed by atoms with Crippen molar-refractivity contribution in [2.75, 3.05) is 43.9 Å². The lowest BCUT2D eigenvalue weighted by Crippen LogP contribution is -2.46. The zero-order valence-corrected chi connectivity index (χ0v) is 26.2. The summed E-state index contributed by atoms with van der Waals surface area (Å²) in [6, 6.07) is 18.6. The summed E-state index contributed by atoms with van der Waals surface area (Å²) in [7, 11) is -0.629. The average Bonchev–Trinajstić information content (AvgIpc) is 3.63. The molecule has 0 aliphatic carbocycles. The molecule has 0 unspecified atom stereocenters. The lowest BCUT2D eigenvalue weighted by molar-refractivity contribution is -0.117. The van der Waals surface area contributed by atoms with Crippen molar-refractivity contribution in [3.05, 3.63) is 76.7 Å². The number of carbonyl (C=O) groups is 1. The van der Waals surface area contributed by atoms with Gasteiger partial charge in [0, 0.05) is 64.3 Å². The maximum Gasteiger partial charge on any atom is 0.261 e. The number of hydrogen-bond acceptors (Lipinski definition) is 8. The lowest BCUT2D eigenvalue weighted by Gasteiger charge is -2.41. The molecule has 0 saturated carbocycles. The summed E-state index contributed by atoms with van der Waals surface area (Å²) >= 11 is 0. The van der Waals surface area contributed by atoms with Crippen LogP contribution < -0.4 is 15.8 Å². The zero-order chi connectivity index (χ0) is 31.8. The molecule has 0 spiro atoms. The molecular weight excluding hydrogens is 592 g/mol. The number of nitriles is 1. The number of hydrogen-bond donors (Lipinski definition) is 2. The van der Waals surface area contributed by atoms with Crippen molar-refractivity contribution in [1.29, 1.82) is 5.26 Å². The Balaban J connectivity index is 1.23. The minimum atomic E-state index is -3.58. The van der Waals surface area contributed by atoms with Crippen LogP contribution in [-0.2, 0) is 26.9 Å². The second kappa shape index (κ2) is 12.1. The Morgan fingerprint density at radius 2 is 1.73 bits per heavy atom. The summed E-state index contributed by atoms with van der Waals surface area (Å²) < 4.78 is 28.0. The largest absolute Gasteiger partial charge is 0.338 e. The number of fused-ring (bicyclic) bond motifs is 1. The van der Waals surface area contributed by atoms with E-state index in [2.05, 4.69) is 33.4 Å². The highest BCUT2D eigenvalue weighted by atomic mass is 32.2. The zero-order valence-electron chi connectivity index (χ0n) is 25.4. The van der Waals surface area contributed by atoms with Gasteiger partial charge in [0.1, 0.15) is 5.39 Å². The van der Waals surface area contributed by atoms with E-state index in [1.807, 2.05) is 21.7 Å². The molecule has 13 heteroatoms. The van der Waals surface area contributed by atoms with Gasteiger partial charge in [0.25, 0.3) is 5.56 Å². The molecule has 2 aliphatic heterocycles. The molecule has 4 heterocycles. The number of aromatic nitrogens is 3. The van der Waals surface area contributed by atoms with Gasteiger partial charge in [-0.15, -0.1) is 0 Å². The molecular formula is C32H36N8O4S. The number of sulfonamides is 1. The van der Waals surface area contributed by atoms with Crippen LogP contribution in [0.4, 0.5) is 17.2 Å². The highest BCUT2D eigenvalue weighted by Gasteiger charge is 2.39. The van der Waals surface area contributed by atoms with E-state index in [0.29, 0.717) is 41.7 Å². The molecule has 1 amide bonds. The van der Waals surface area contributed by atoms with Crippen molar-refractivity contribution in [2.24, 2.45) is 0 Å². The molecule has 234 valence electrons. The summed E-state index contributed by atoms with van der Waals surface area (Å²) in [5.74, 6) is 0.513. The Morgan fingerprint density at radius 1 is 1.02 bits per heavy atom. The summed E-state index contributed by atoms with van der Waals surface area (Å²) in [6.45, 7) is 3.00. The van der Waals surface area contributed by atoms with Gasteiger partial charge in [-0.2, -0.15) is 10.4 Å². The number of amides is 1. The standard InChI is InChI=1S/C32H36N8O4S/c1-37(2)45(43,44)26-11-7-24(8-12-26)35-30-29-27(13-18-34-31(29)42)40(36-30)32(14-17-33)15-20-38(21-16-32)22-23-5-9-25(10-6-23)39-19-3-4-28(39)41/h5-13,18H,3-4,14-16,19-22H2,1-2H3,(H,34,42)(H,35,36). The molecule has 0 radical (unpaired) electrons. The highest BCUT2D eigenvalue weighted by molar-refractivity contribution is 7.89. The fourth-order valence-corrected chi connectivity index (χ4v) is 7.18. The van der Waals surface area contributed by atoms with E-state index in [1.54, 1.807) is 24.4 Å². The fraction of sp³-hybridized carbons (Fsp3) is 0.375. The number of benzene rings is 2. The van der Waals surface area contributed by atoms with Gasteiger partial charge in [0.2, 0.25) is 15.9 Å². The first kappa shape index (κ1) is 30.5. The normalized spacial score (nSPS) is 17.2. The van der Waals surface area contributed by atoms with Gasteiger partial charge in [0.15, 0.2) is 5.82 Å². The molecule has 0 atom stereocenters. The Morgan fingerprint density at radius 3 is 2.36 bits per heavy atom. The highest BCUT2D eigenvalue weighted by Crippen LogP contribution is 2.38. The quantitative estimate of drug-likeness (QED) is 0.285. The van der Waals surface area contributed by atoms with Crippen molar-refractivity contribution in [3.8, 4) is 6.07 Å². The van der Waals surface area contributed by atoms with E-state index in [0.717, 1.165) is 48.2 Å². The summed E-state index contributed by atoms with van der Waals surface area (Å²) in [6.07, 6.45) is 4.66. The number of piperidine rings is 1. The van der Waals surface area contributed by atoms with Crippen LogP contribution in [0.15, 0.2) is 70.5 Å². The third-order valence-corrected chi connectivity index (χ3v) is 10.7. The van der Waals surface area contributed by atoms with Gasteiger partial charge < -0.3 is 15.2 Å². The third kappa shape index (κ3) is 5.84. The van der Waals surface area contributed by atoms with Crippen molar-refractivity contribution in [1.82, 2.24) is 24.0 Å². The van der Waals surface area contributed by atoms with Crippen molar-refractivity contribution >= 4 is 44.0 Å². The number of aromatic amines is 1. The topological polar surface area (TPSA) is 147 Å². The van der Waals surface area contributed by atoms with Crippen LogP contribution >= 0.6 is 0 Å². The summed E-state index contributed by atoms with van der Waals surface area (Å²) in [5.41, 5.74) is 2.38. The first-order chi connectivity index (χ1) is 21.6. The predicted molar refractivity (Wildman–Crippen MR) is 172 cm³/mol. The number of H-pyrrole nitrogens is 1. The Hall–Kier alpha value is -4.51. The summed E-state index contributed by atoms with van der Waals surface area (Å²) in [5, 5.41) is 18.4. The minimum absolute atomic E-state index is 0.156. The second-order valence-corrected chi connectivity index (χ2v) is 14.1. The van der Waals surface area contributed by atoms with Crippen molar-refractivity contribution < 1.29 is 13.2 Å². The number of nitrogens with zero attached hydrogens (tertiary/aromatic N) is 6. The van der Waals surface area contributed by atoms with Gasteiger partial charge in [-0.05, 0) is 67.3 Å². The van der Waals surface area contributed by atoms with E-state index >= 15 is 0 Å². The third-order valence-electron chi connectivity index (χ3n) is 8.87. The molecule has 2 aliphatic rings. The number of carbonyl (C=O) groups excluding carboxylic acids is 1. The van der Waals surface area contributed by atoms with Gasteiger partial charge in [-0.3, -0.25) is 19.2 Å². The van der Waals surface area contributed by atoms with Gasteiger partial charge in [0.05, 0.1) is 28.4 Å². The van der Waals surface area contributed by atoms with Crippen LogP contribution in [0.1, 0.15) is 37.7 Å². The Labute approximate surface area is 261 Å². The number of anilines is 3. The monoisotopic (exact) mass is 628 g/mol. The van der Waals surface area contributed by atoms with Crippen LogP contribution in [0.3, 0.4) is 0 Å². The van der Waals surface area contributed by atoms with Crippen LogP contribution in [0.2, 0.25) is 0 Å². The number of rotatable bonds is 9. The van der Waals surface area contributed by atoms with E-state index < -0.39 is 15.6 Å². The molecule has 12 nitrogen and oxygen atoms in total. The first-order valence-corrected chi connectivity index (χ1v) is 16.4. The summed E-state index contributed by atoms with van der Waals surface area (Å²) in [4.78, 5) is 32.3. The van der Waals surface area contributed by atoms with E-state index in [1.165, 1.54) is 26.2 Å². The number of likely N-dealkylation sites (tertiary alicyclic amines) is 1. The van der Waals surface area contributed by atoms with Gasteiger partial charge in [-0.25, -0.2) is 12.7 Å². The first-order valence-electron chi connectivity index (χ1n) is 15.0. The minimum Gasteiger partial charge on any atom is -0.338 e. The molecule has 45 heavy (non-hydrogen) atoms. The van der Waals surface area contributed by atoms with Crippen LogP contribution in [0.5, 0.6) is 0 Å². The van der Waals surface area contributed by atoms with E-state index in [-0.39, 0.29) is 22.8 Å². The molecule has 4 aromatic rings. The van der Waals surface area contributed by atoms with Crippen molar-refractivity contribution in [2.45, 2.75) is 49.1 Å². The molecule has 2 aromatic carbocycles. The lowest BCUT2D eigenvalue weighted by atomic mass is 9.84. The van der Waals surface area contributed by atoms with Gasteiger partial charge >= 0.3 is 0 Å². The van der Waals surface area contributed by atoms with Crippen LogP contribution in [0, 0.1) is 11.3 Å². The Kier molecular flexibility index (Phi) is 8.22. The maximum absolute atomic E-state index is 13.1. The van der Waals surface area contributed by atoms with E-state index in [4.69, 9.17) is 5.10 Å². The fourth-order valence-electron chi connectivity index (χ4n) is 6.28. The molecule has 0 bridgehead atoms. The smallest absolute Gasteiger partial charge is 0.261 e. The molecule has 6 rings (SSSR count). The second-order valence-electron chi connectivity index (χ2n) is 11.9.